The van der Waals surface area contributed by atoms with Gasteiger partial charge in [-0.2, -0.15) is 13.2 Å². The molecular weight excluding hydrogens is 435 g/mol. The first-order valence-corrected chi connectivity index (χ1v) is 10.8. The highest BCUT2D eigenvalue weighted by Gasteiger charge is 2.49. The van der Waals surface area contributed by atoms with Crippen LogP contribution in [0.4, 0.5) is 24.5 Å². The minimum absolute atomic E-state index is 0.0322. The Kier molecular flexibility index (Phi) is 6.51. The summed E-state index contributed by atoms with van der Waals surface area (Å²) in [5.41, 5.74) is 0.845. The third-order valence-corrected chi connectivity index (χ3v) is 6.15. The van der Waals surface area contributed by atoms with E-state index in [1.54, 1.807) is 35.2 Å². The van der Waals surface area contributed by atoms with Crippen molar-refractivity contribution in [3.05, 3.63) is 60.2 Å². The van der Waals surface area contributed by atoms with Crippen LogP contribution < -0.4 is 10.2 Å². The van der Waals surface area contributed by atoms with Gasteiger partial charge in [0.1, 0.15) is 6.04 Å². The second-order valence-electron chi connectivity index (χ2n) is 8.37. The molecule has 6 nitrogen and oxygen atoms in total. The van der Waals surface area contributed by atoms with Gasteiger partial charge in [-0.1, -0.05) is 42.5 Å². The van der Waals surface area contributed by atoms with Crippen molar-refractivity contribution in [3.63, 3.8) is 0 Å². The maximum absolute atomic E-state index is 13.9. The van der Waals surface area contributed by atoms with E-state index in [4.69, 9.17) is 0 Å². The van der Waals surface area contributed by atoms with Crippen LogP contribution in [-0.2, 0) is 9.59 Å². The predicted octanol–water partition coefficient (Wildman–Crippen LogP) is 3.89. The first-order valence-electron chi connectivity index (χ1n) is 10.8. The summed E-state index contributed by atoms with van der Waals surface area (Å²) in [5.74, 6) is -1.65. The number of para-hydroxylation sites is 2. The van der Waals surface area contributed by atoms with E-state index in [-0.39, 0.29) is 29.6 Å². The summed E-state index contributed by atoms with van der Waals surface area (Å²) in [5, 5.41) is 2.46. The van der Waals surface area contributed by atoms with E-state index in [2.05, 4.69) is 5.32 Å². The molecule has 4 rings (SSSR count). The number of fused-ring (bicyclic) bond motifs is 1. The molecule has 1 atom stereocenters. The molecule has 0 saturated carbocycles. The van der Waals surface area contributed by atoms with Crippen molar-refractivity contribution in [2.75, 3.05) is 29.9 Å². The average Bonchev–Trinajstić information content (AvgIpc) is 2.95. The summed E-state index contributed by atoms with van der Waals surface area (Å²) in [6.45, 7) is 0.637. The van der Waals surface area contributed by atoms with Crippen molar-refractivity contribution in [2.24, 2.45) is 5.92 Å². The molecule has 174 valence electrons. The van der Waals surface area contributed by atoms with Crippen molar-refractivity contribution >= 4 is 29.0 Å². The molecule has 0 bridgehead atoms. The van der Waals surface area contributed by atoms with Crippen LogP contribution in [0.1, 0.15) is 29.6 Å². The lowest BCUT2D eigenvalue weighted by Gasteiger charge is -2.35. The fourth-order valence-corrected chi connectivity index (χ4v) is 4.45. The lowest BCUT2D eigenvalue weighted by Crippen LogP contribution is -2.53. The van der Waals surface area contributed by atoms with Gasteiger partial charge in [0, 0.05) is 11.5 Å². The summed E-state index contributed by atoms with van der Waals surface area (Å²) in [6.07, 6.45) is -4.57. The van der Waals surface area contributed by atoms with Crippen LogP contribution in [0.3, 0.4) is 0 Å². The largest absolute Gasteiger partial charge is 0.409 e. The van der Waals surface area contributed by atoms with Gasteiger partial charge < -0.3 is 5.32 Å². The first kappa shape index (κ1) is 23.0. The highest BCUT2D eigenvalue weighted by Crippen LogP contribution is 2.38. The Morgan fingerprint density at radius 2 is 1.61 bits per heavy atom. The Balaban J connectivity index is 1.48. The number of hydrogen-bond donors (Lipinski definition) is 1. The third-order valence-electron chi connectivity index (χ3n) is 6.15. The lowest BCUT2D eigenvalue weighted by molar-refractivity contribution is -0.158. The molecule has 0 spiro atoms. The number of alkyl halides is 3. The van der Waals surface area contributed by atoms with Gasteiger partial charge in [-0.05, 0) is 38.1 Å². The molecule has 2 aliphatic rings. The van der Waals surface area contributed by atoms with Crippen molar-refractivity contribution < 1.29 is 27.6 Å². The SMILES string of the molecule is O=C1CC(C(F)(F)F)N(C(=O)CN2CCC(C(=O)c3ccccc3)CC2)c2ccccc2N1. The number of carbonyl (C=O) groups is 3. The molecule has 1 unspecified atom stereocenters. The van der Waals surface area contributed by atoms with Gasteiger partial charge in [-0.15, -0.1) is 0 Å². The monoisotopic (exact) mass is 459 g/mol. The molecule has 0 aromatic heterocycles. The van der Waals surface area contributed by atoms with Crippen LogP contribution in [0.25, 0.3) is 0 Å². The van der Waals surface area contributed by atoms with Crippen LogP contribution >= 0.6 is 0 Å². The number of likely N-dealkylation sites (tertiary alicyclic amines) is 1. The minimum atomic E-state index is -4.76. The van der Waals surface area contributed by atoms with E-state index >= 15 is 0 Å². The van der Waals surface area contributed by atoms with E-state index in [0.717, 1.165) is 0 Å². The molecule has 2 aliphatic heterocycles. The quantitative estimate of drug-likeness (QED) is 0.705. The number of hydrogen-bond acceptors (Lipinski definition) is 4. The third kappa shape index (κ3) is 5.08. The number of nitrogens with zero attached hydrogens (tertiary/aromatic N) is 2. The van der Waals surface area contributed by atoms with Gasteiger partial charge >= 0.3 is 6.18 Å². The molecule has 1 N–H and O–H groups in total. The average molecular weight is 459 g/mol. The number of halogens is 3. The van der Waals surface area contributed by atoms with Crippen LogP contribution in [-0.4, -0.2) is 54.3 Å². The van der Waals surface area contributed by atoms with Gasteiger partial charge in [-0.25, -0.2) is 0 Å². The molecule has 2 aromatic carbocycles. The van der Waals surface area contributed by atoms with Crippen LogP contribution in [0.2, 0.25) is 0 Å². The van der Waals surface area contributed by atoms with E-state index < -0.39 is 30.5 Å². The summed E-state index contributed by atoms with van der Waals surface area (Å²) < 4.78 is 41.6. The number of rotatable bonds is 4. The molecule has 2 aromatic rings. The Hall–Kier alpha value is -3.20. The molecule has 1 fully saturated rings. The van der Waals surface area contributed by atoms with Gasteiger partial charge in [0.05, 0.1) is 24.3 Å². The number of anilines is 2. The first-order chi connectivity index (χ1) is 15.7. The number of ketones is 1. The second kappa shape index (κ2) is 9.35. The smallest absolute Gasteiger partial charge is 0.324 e. The lowest BCUT2D eigenvalue weighted by atomic mass is 9.89. The minimum Gasteiger partial charge on any atom is -0.324 e. The van der Waals surface area contributed by atoms with E-state index in [1.807, 2.05) is 6.07 Å². The van der Waals surface area contributed by atoms with Crippen molar-refractivity contribution in [1.29, 1.82) is 0 Å². The Morgan fingerprint density at radius 1 is 0.970 bits per heavy atom. The standard InChI is InChI=1S/C24H24F3N3O3/c25-24(26,27)20-14-21(31)28-18-8-4-5-9-19(18)30(20)22(32)15-29-12-10-17(11-13-29)23(33)16-6-2-1-3-7-16/h1-9,17,20H,10-15H2,(H,28,31). The molecule has 2 heterocycles. The second-order valence-corrected chi connectivity index (χ2v) is 8.37. The highest BCUT2D eigenvalue weighted by atomic mass is 19.4. The zero-order valence-electron chi connectivity index (χ0n) is 17.8. The molecule has 9 heteroatoms. The molecule has 2 amide bonds. The molecule has 1 saturated heterocycles. The number of benzene rings is 2. The molecule has 0 aliphatic carbocycles. The maximum Gasteiger partial charge on any atom is 0.409 e. The highest BCUT2D eigenvalue weighted by molar-refractivity contribution is 6.05. The summed E-state index contributed by atoms with van der Waals surface area (Å²) >= 11 is 0. The normalized spacial score (nSPS) is 20.0. The molecule has 33 heavy (non-hydrogen) atoms. The number of piperidine rings is 1. The van der Waals surface area contributed by atoms with Gasteiger partial charge in [0.15, 0.2) is 5.78 Å². The van der Waals surface area contributed by atoms with E-state index in [1.165, 1.54) is 18.2 Å². The Bertz CT molecular complexity index is 1030. The maximum atomic E-state index is 13.9. The van der Waals surface area contributed by atoms with Crippen LogP contribution in [0.15, 0.2) is 54.6 Å². The van der Waals surface area contributed by atoms with E-state index in [0.29, 0.717) is 36.4 Å². The van der Waals surface area contributed by atoms with Gasteiger partial charge in [0.2, 0.25) is 11.8 Å². The van der Waals surface area contributed by atoms with Gasteiger partial charge in [-0.3, -0.25) is 24.2 Å². The number of amides is 2. The predicted molar refractivity (Wildman–Crippen MR) is 117 cm³/mol. The van der Waals surface area contributed by atoms with E-state index in [9.17, 15) is 27.6 Å². The summed E-state index contributed by atoms with van der Waals surface area (Å²) in [4.78, 5) is 40.4. The summed E-state index contributed by atoms with van der Waals surface area (Å²) in [7, 11) is 0. The van der Waals surface area contributed by atoms with Crippen molar-refractivity contribution in [2.45, 2.75) is 31.5 Å². The fraction of sp³-hybridized carbons (Fsp3) is 0.375. The topological polar surface area (TPSA) is 69.7 Å². The Labute approximate surface area is 189 Å². The summed E-state index contributed by atoms with van der Waals surface area (Å²) in [6, 6.07) is 12.7. The fourth-order valence-electron chi connectivity index (χ4n) is 4.45. The van der Waals surface area contributed by atoms with Crippen LogP contribution in [0, 0.1) is 5.92 Å². The Morgan fingerprint density at radius 3 is 2.27 bits per heavy atom. The zero-order valence-corrected chi connectivity index (χ0v) is 17.8. The molecular formula is C24H24F3N3O3. The number of Topliss-reactive ketones (excluding diaryl/α,β-unsaturated/α-hetero) is 1. The van der Waals surface area contributed by atoms with Crippen molar-refractivity contribution in [3.8, 4) is 0 Å². The van der Waals surface area contributed by atoms with Gasteiger partial charge in [0.25, 0.3) is 0 Å². The van der Waals surface area contributed by atoms with Crippen LogP contribution in [0.5, 0.6) is 0 Å². The zero-order chi connectivity index (χ0) is 23.6. The van der Waals surface area contributed by atoms with Crippen molar-refractivity contribution in [1.82, 2.24) is 4.90 Å². The number of nitrogens with one attached hydrogen (secondary N) is 1. The number of carbonyl (C=O) groups excluding carboxylic acids is 3. The molecule has 0 radical (unpaired) electrons.